The van der Waals surface area contributed by atoms with Crippen molar-refractivity contribution in [3.05, 3.63) is 65.2 Å². The first-order valence-electron chi connectivity index (χ1n) is 7.87. The third-order valence-electron chi connectivity index (χ3n) is 3.60. The molecule has 0 saturated carbocycles. The maximum atomic E-state index is 11.0. The summed E-state index contributed by atoms with van der Waals surface area (Å²) in [5.74, 6) is -0.131. The Hall–Kier alpha value is -2.86. The predicted octanol–water partition coefficient (Wildman–Crippen LogP) is 4.31. The molecular formula is C19H18N2O3S. The standard InChI is InChI=1S/C19H18N2O3S/c1-13-17(18(22)23)25-19(21-13)20-11-12-24-16-10-6-5-9-15(16)14-7-3-2-4-8-14/h2-10H,11-12H2,1H3,(H,20,21)(H,22,23). The molecule has 25 heavy (non-hydrogen) atoms. The molecule has 3 aromatic rings. The molecule has 0 spiro atoms. The van der Waals surface area contributed by atoms with Gasteiger partial charge in [-0.15, -0.1) is 0 Å². The lowest BCUT2D eigenvalue weighted by molar-refractivity contribution is 0.0701. The maximum absolute atomic E-state index is 11.0. The highest BCUT2D eigenvalue weighted by molar-refractivity contribution is 7.17. The normalized spacial score (nSPS) is 10.4. The fourth-order valence-corrected chi connectivity index (χ4v) is 3.27. The van der Waals surface area contributed by atoms with Crippen molar-refractivity contribution in [1.82, 2.24) is 4.98 Å². The molecule has 3 rings (SSSR count). The van der Waals surface area contributed by atoms with Gasteiger partial charge in [-0.05, 0) is 18.6 Å². The van der Waals surface area contributed by atoms with Crippen LogP contribution in [0, 0.1) is 6.92 Å². The zero-order valence-corrected chi connectivity index (χ0v) is 14.5. The highest BCUT2D eigenvalue weighted by atomic mass is 32.1. The number of aromatic nitrogens is 1. The van der Waals surface area contributed by atoms with Crippen LogP contribution in [0.15, 0.2) is 54.6 Å². The van der Waals surface area contributed by atoms with E-state index in [-0.39, 0.29) is 4.88 Å². The molecule has 0 aliphatic rings. The van der Waals surface area contributed by atoms with E-state index in [0.717, 1.165) is 28.2 Å². The Morgan fingerprint density at radius 3 is 2.60 bits per heavy atom. The fraction of sp³-hybridized carbons (Fsp3) is 0.158. The van der Waals surface area contributed by atoms with Crippen molar-refractivity contribution in [1.29, 1.82) is 0 Å². The van der Waals surface area contributed by atoms with Crippen LogP contribution in [0.4, 0.5) is 5.13 Å². The molecule has 6 heteroatoms. The second-order valence-electron chi connectivity index (χ2n) is 5.38. The second-order valence-corrected chi connectivity index (χ2v) is 6.38. The minimum absolute atomic E-state index is 0.262. The van der Waals surface area contributed by atoms with E-state index in [4.69, 9.17) is 9.84 Å². The van der Waals surface area contributed by atoms with Crippen molar-refractivity contribution < 1.29 is 14.6 Å². The summed E-state index contributed by atoms with van der Waals surface area (Å²) in [4.78, 5) is 15.5. The largest absolute Gasteiger partial charge is 0.491 e. The van der Waals surface area contributed by atoms with E-state index in [2.05, 4.69) is 10.3 Å². The Labute approximate surface area is 149 Å². The maximum Gasteiger partial charge on any atom is 0.347 e. The summed E-state index contributed by atoms with van der Waals surface area (Å²) in [7, 11) is 0. The Balaban J connectivity index is 1.60. The number of thiazole rings is 1. The van der Waals surface area contributed by atoms with Crippen LogP contribution in [-0.2, 0) is 0 Å². The molecule has 0 saturated heterocycles. The number of carbonyl (C=O) groups is 1. The van der Waals surface area contributed by atoms with Gasteiger partial charge in [-0.1, -0.05) is 59.9 Å². The topological polar surface area (TPSA) is 71.5 Å². The quantitative estimate of drug-likeness (QED) is 0.619. The highest BCUT2D eigenvalue weighted by Crippen LogP contribution is 2.29. The van der Waals surface area contributed by atoms with E-state index >= 15 is 0 Å². The number of aromatic carboxylic acids is 1. The predicted molar refractivity (Wildman–Crippen MR) is 99.7 cm³/mol. The molecule has 0 amide bonds. The van der Waals surface area contributed by atoms with Gasteiger partial charge in [0.15, 0.2) is 5.13 Å². The molecular weight excluding hydrogens is 336 g/mol. The van der Waals surface area contributed by atoms with Crippen LogP contribution in [0.1, 0.15) is 15.4 Å². The molecule has 0 aliphatic heterocycles. The number of hydrogen-bond acceptors (Lipinski definition) is 5. The van der Waals surface area contributed by atoms with Gasteiger partial charge in [0.2, 0.25) is 0 Å². The molecule has 0 bridgehead atoms. The Morgan fingerprint density at radius 2 is 1.88 bits per heavy atom. The van der Waals surface area contributed by atoms with Gasteiger partial charge in [0.25, 0.3) is 0 Å². The number of carboxylic acid groups (broad SMARTS) is 1. The second kappa shape index (κ2) is 7.81. The fourth-order valence-electron chi connectivity index (χ4n) is 2.44. The third-order valence-corrected chi connectivity index (χ3v) is 4.70. The van der Waals surface area contributed by atoms with Gasteiger partial charge in [-0.3, -0.25) is 0 Å². The minimum atomic E-state index is -0.948. The van der Waals surface area contributed by atoms with Gasteiger partial charge in [-0.25, -0.2) is 9.78 Å². The van der Waals surface area contributed by atoms with Gasteiger partial charge in [0, 0.05) is 5.56 Å². The van der Waals surface area contributed by atoms with Crippen molar-refractivity contribution in [3.8, 4) is 16.9 Å². The summed E-state index contributed by atoms with van der Waals surface area (Å²) in [6, 6.07) is 18.0. The lowest BCUT2D eigenvalue weighted by Gasteiger charge is -2.11. The first-order valence-corrected chi connectivity index (χ1v) is 8.68. The molecule has 0 unspecified atom stereocenters. The van der Waals surface area contributed by atoms with Crippen molar-refractivity contribution in [3.63, 3.8) is 0 Å². The van der Waals surface area contributed by atoms with Gasteiger partial charge in [0.05, 0.1) is 12.2 Å². The SMILES string of the molecule is Cc1nc(NCCOc2ccccc2-c2ccccc2)sc1C(=O)O. The van der Waals surface area contributed by atoms with E-state index in [1.165, 1.54) is 0 Å². The summed E-state index contributed by atoms with van der Waals surface area (Å²) in [5.41, 5.74) is 2.67. The third kappa shape index (κ3) is 4.16. The monoisotopic (exact) mass is 354 g/mol. The van der Waals surface area contributed by atoms with Gasteiger partial charge in [-0.2, -0.15) is 0 Å². The lowest BCUT2D eigenvalue weighted by atomic mass is 10.1. The Morgan fingerprint density at radius 1 is 1.16 bits per heavy atom. The number of benzene rings is 2. The average Bonchev–Trinajstić information content (AvgIpc) is 3.01. The van der Waals surface area contributed by atoms with Crippen LogP contribution >= 0.6 is 11.3 Å². The molecule has 0 radical (unpaired) electrons. The van der Waals surface area contributed by atoms with Crippen molar-refractivity contribution in [2.75, 3.05) is 18.5 Å². The molecule has 5 nitrogen and oxygen atoms in total. The molecule has 0 aliphatic carbocycles. The number of rotatable bonds is 7. The van der Waals surface area contributed by atoms with E-state index < -0.39 is 5.97 Å². The van der Waals surface area contributed by atoms with Crippen molar-refractivity contribution in [2.45, 2.75) is 6.92 Å². The summed E-state index contributed by atoms with van der Waals surface area (Å²) < 4.78 is 5.90. The molecule has 128 valence electrons. The van der Waals surface area contributed by atoms with Crippen LogP contribution in [0.25, 0.3) is 11.1 Å². The molecule has 0 fully saturated rings. The number of nitrogens with one attached hydrogen (secondary N) is 1. The van der Waals surface area contributed by atoms with Gasteiger partial charge >= 0.3 is 5.97 Å². The number of aryl methyl sites for hydroxylation is 1. The van der Waals surface area contributed by atoms with Crippen molar-refractivity contribution >= 4 is 22.4 Å². The van der Waals surface area contributed by atoms with Crippen LogP contribution in [0.5, 0.6) is 5.75 Å². The van der Waals surface area contributed by atoms with E-state index in [1.807, 2.05) is 54.6 Å². The lowest BCUT2D eigenvalue weighted by Crippen LogP contribution is -2.11. The molecule has 2 N–H and O–H groups in total. The number of nitrogens with zero attached hydrogens (tertiary/aromatic N) is 1. The smallest absolute Gasteiger partial charge is 0.347 e. The summed E-state index contributed by atoms with van der Waals surface area (Å²) >= 11 is 1.14. The van der Waals surface area contributed by atoms with Gasteiger partial charge in [0.1, 0.15) is 17.2 Å². The molecule has 0 atom stereocenters. The van der Waals surface area contributed by atoms with Crippen LogP contribution in [0.3, 0.4) is 0 Å². The first-order chi connectivity index (χ1) is 12.1. The number of carboxylic acids is 1. The number of ether oxygens (including phenoxy) is 1. The molecule has 2 aromatic carbocycles. The van der Waals surface area contributed by atoms with Gasteiger partial charge < -0.3 is 15.2 Å². The van der Waals surface area contributed by atoms with Crippen molar-refractivity contribution in [2.24, 2.45) is 0 Å². The zero-order chi connectivity index (χ0) is 17.6. The molecule has 1 aromatic heterocycles. The van der Waals surface area contributed by atoms with E-state index in [0.29, 0.717) is 24.0 Å². The zero-order valence-electron chi connectivity index (χ0n) is 13.7. The van der Waals surface area contributed by atoms with Crippen LogP contribution in [0.2, 0.25) is 0 Å². The summed E-state index contributed by atoms with van der Waals surface area (Å²) in [6.45, 7) is 2.68. The van der Waals surface area contributed by atoms with Crippen LogP contribution in [-0.4, -0.2) is 29.2 Å². The number of hydrogen-bond donors (Lipinski definition) is 2. The highest BCUT2D eigenvalue weighted by Gasteiger charge is 2.13. The average molecular weight is 354 g/mol. The Kier molecular flexibility index (Phi) is 5.30. The molecule has 1 heterocycles. The number of anilines is 1. The summed E-state index contributed by atoms with van der Waals surface area (Å²) in [5, 5.41) is 12.8. The van der Waals surface area contributed by atoms with E-state index in [9.17, 15) is 4.79 Å². The summed E-state index contributed by atoms with van der Waals surface area (Å²) in [6.07, 6.45) is 0. The number of para-hydroxylation sites is 1. The Bertz CT molecular complexity index is 862. The van der Waals surface area contributed by atoms with Crippen LogP contribution < -0.4 is 10.1 Å². The minimum Gasteiger partial charge on any atom is -0.491 e. The first kappa shape index (κ1) is 17.0. The van der Waals surface area contributed by atoms with E-state index in [1.54, 1.807) is 6.92 Å².